The Balaban J connectivity index is 1.83. The van der Waals surface area contributed by atoms with Crippen molar-refractivity contribution < 1.29 is 9.15 Å². The quantitative estimate of drug-likeness (QED) is 0.854. The maximum Gasteiger partial charge on any atom is 0.130 e. The molecule has 1 aliphatic rings. The van der Waals surface area contributed by atoms with Gasteiger partial charge in [0.2, 0.25) is 0 Å². The van der Waals surface area contributed by atoms with Gasteiger partial charge in [0.15, 0.2) is 0 Å². The maximum atomic E-state index is 5.90. The second kappa shape index (κ2) is 6.22. The van der Waals surface area contributed by atoms with Crippen LogP contribution in [-0.4, -0.2) is 13.2 Å². The summed E-state index contributed by atoms with van der Waals surface area (Å²) < 4.78 is 11.6. The lowest BCUT2D eigenvalue weighted by Crippen LogP contribution is -2.16. The van der Waals surface area contributed by atoms with E-state index >= 15 is 0 Å². The molecule has 1 aromatic heterocycles. The number of ether oxygens (including phenoxy) is 1. The van der Waals surface area contributed by atoms with Crippen molar-refractivity contribution in [1.82, 2.24) is 5.32 Å². The molecule has 0 atom stereocenters. The lowest BCUT2D eigenvalue weighted by atomic mass is 9.98. The summed E-state index contributed by atoms with van der Waals surface area (Å²) in [4.78, 5) is 0. The minimum Gasteiger partial charge on any atom is -0.464 e. The van der Waals surface area contributed by atoms with Gasteiger partial charge in [-0.2, -0.15) is 0 Å². The van der Waals surface area contributed by atoms with Crippen LogP contribution in [0.3, 0.4) is 0 Å². The van der Waals surface area contributed by atoms with Gasteiger partial charge in [-0.15, -0.1) is 0 Å². The van der Waals surface area contributed by atoms with Crippen LogP contribution in [0.1, 0.15) is 49.2 Å². The molecule has 0 unspecified atom stereocenters. The van der Waals surface area contributed by atoms with Gasteiger partial charge in [-0.3, -0.25) is 0 Å². The molecule has 1 saturated carbocycles. The third-order valence-corrected chi connectivity index (χ3v) is 3.45. The van der Waals surface area contributed by atoms with Gasteiger partial charge in [-0.25, -0.2) is 0 Å². The van der Waals surface area contributed by atoms with E-state index in [2.05, 4.69) is 11.4 Å². The van der Waals surface area contributed by atoms with Crippen molar-refractivity contribution in [3.63, 3.8) is 0 Å². The molecule has 0 saturated heterocycles. The fraction of sp³-hybridized carbons (Fsp3) is 0.714. The summed E-state index contributed by atoms with van der Waals surface area (Å²) in [5.41, 5.74) is 1.23. The van der Waals surface area contributed by atoms with E-state index in [1.807, 2.05) is 14.0 Å². The highest BCUT2D eigenvalue weighted by Crippen LogP contribution is 2.22. The molecule has 1 aliphatic carbocycles. The van der Waals surface area contributed by atoms with E-state index in [4.69, 9.17) is 9.15 Å². The fourth-order valence-electron chi connectivity index (χ4n) is 2.46. The monoisotopic (exact) mass is 237 g/mol. The number of rotatable bonds is 5. The van der Waals surface area contributed by atoms with Crippen molar-refractivity contribution in [3.05, 3.63) is 23.2 Å². The van der Waals surface area contributed by atoms with Gasteiger partial charge in [0, 0.05) is 12.1 Å². The average molecular weight is 237 g/mol. The van der Waals surface area contributed by atoms with Gasteiger partial charge in [-0.1, -0.05) is 19.3 Å². The van der Waals surface area contributed by atoms with Crippen LogP contribution in [0.4, 0.5) is 0 Å². The normalized spacial score (nSPS) is 17.5. The third-order valence-electron chi connectivity index (χ3n) is 3.45. The van der Waals surface area contributed by atoms with Crippen molar-refractivity contribution >= 4 is 0 Å². The molecular weight excluding hydrogens is 214 g/mol. The fourth-order valence-corrected chi connectivity index (χ4v) is 2.46. The summed E-state index contributed by atoms with van der Waals surface area (Å²) in [5.74, 6) is 1.96. The van der Waals surface area contributed by atoms with Crippen LogP contribution >= 0.6 is 0 Å². The van der Waals surface area contributed by atoms with Crippen LogP contribution in [0.15, 0.2) is 10.5 Å². The van der Waals surface area contributed by atoms with Gasteiger partial charge in [0.05, 0.1) is 6.10 Å². The van der Waals surface area contributed by atoms with Crippen molar-refractivity contribution in [2.24, 2.45) is 0 Å². The standard InChI is InChI=1S/C14H23NO2/c1-11-12(9-15-2)8-14(17-11)10-16-13-6-4-3-5-7-13/h8,13,15H,3-7,9-10H2,1-2H3. The second-order valence-electron chi connectivity index (χ2n) is 4.90. The first-order valence-electron chi connectivity index (χ1n) is 6.64. The first-order valence-corrected chi connectivity index (χ1v) is 6.64. The Morgan fingerprint density at radius 3 is 2.82 bits per heavy atom. The van der Waals surface area contributed by atoms with Crippen LogP contribution in [-0.2, 0) is 17.9 Å². The number of hydrogen-bond donors (Lipinski definition) is 1. The Morgan fingerprint density at radius 2 is 2.12 bits per heavy atom. The van der Waals surface area contributed by atoms with Crippen molar-refractivity contribution in [3.8, 4) is 0 Å². The first kappa shape index (κ1) is 12.7. The predicted molar refractivity (Wildman–Crippen MR) is 67.9 cm³/mol. The molecule has 2 rings (SSSR count). The molecule has 1 fully saturated rings. The van der Waals surface area contributed by atoms with Gasteiger partial charge in [0.1, 0.15) is 18.1 Å². The van der Waals surface area contributed by atoms with E-state index in [0.29, 0.717) is 12.7 Å². The summed E-state index contributed by atoms with van der Waals surface area (Å²) in [7, 11) is 1.95. The molecule has 0 amide bonds. The molecule has 1 heterocycles. The molecule has 0 bridgehead atoms. The smallest absolute Gasteiger partial charge is 0.130 e. The number of hydrogen-bond acceptors (Lipinski definition) is 3. The molecule has 1 N–H and O–H groups in total. The average Bonchev–Trinajstić information content (AvgIpc) is 2.70. The molecule has 96 valence electrons. The summed E-state index contributed by atoms with van der Waals surface area (Å²) in [5, 5.41) is 3.14. The lowest BCUT2D eigenvalue weighted by Gasteiger charge is -2.21. The highest BCUT2D eigenvalue weighted by molar-refractivity contribution is 5.20. The van der Waals surface area contributed by atoms with Gasteiger partial charge >= 0.3 is 0 Å². The van der Waals surface area contributed by atoms with E-state index in [1.54, 1.807) is 0 Å². The molecule has 1 aromatic rings. The van der Waals surface area contributed by atoms with Crippen molar-refractivity contribution in [1.29, 1.82) is 0 Å². The zero-order chi connectivity index (χ0) is 12.1. The minimum atomic E-state index is 0.446. The van der Waals surface area contributed by atoms with Crippen LogP contribution in [0, 0.1) is 6.92 Å². The molecule has 3 nitrogen and oxygen atoms in total. The Bertz CT molecular complexity index is 340. The summed E-state index contributed by atoms with van der Waals surface area (Å²) >= 11 is 0. The summed E-state index contributed by atoms with van der Waals surface area (Å²) in [6.07, 6.45) is 6.86. The van der Waals surface area contributed by atoms with E-state index in [-0.39, 0.29) is 0 Å². The topological polar surface area (TPSA) is 34.4 Å². The Labute approximate surface area is 104 Å². The largest absolute Gasteiger partial charge is 0.464 e. The maximum absolute atomic E-state index is 5.90. The molecule has 17 heavy (non-hydrogen) atoms. The number of aryl methyl sites for hydroxylation is 1. The third kappa shape index (κ3) is 3.58. The first-order chi connectivity index (χ1) is 8.29. The summed E-state index contributed by atoms with van der Waals surface area (Å²) in [6.45, 7) is 3.49. The van der Waals surface area contributed by atoms with E-state index in [9.17, 15) is 0 Å². The van der Waals surface area contributed by atoms with Crippen LogP contribution in [0.5, 0.6) is 0 Å². The molecule has 0 spiro atoms. The van der Waals surface area contributed by atoms with Crippen molar-refractivity contribution in [2.75, 3.05) is 7.05 Å². The van der Waals surface area contributed by atoms with Gasteiger partial charge in [0.25, 0.3) is 0 Å². The SMILES string of the molecule is CNCc1cc(COC2CCCCC2)oc1C. The summed E-state index contributed by atoms with van der Waals surface area (Å²) in [6, 6.07) is 2.11. The predicted octanol–water partition coefficient (Wildman–Crippen LogP) is 3.16. The lowest BCUT2D eigenvalue weighted by molar-refractivity contribution is 0.00850. The minimum absolute atomic E-state index is 0.446. The van der Waals surface area contributed by atoms with Crippen LogP contribution in [0.2, 0.25) is 0 Å². The van der Waals surface area contributed by atoms with Gasteiger partial charge < -0.3 is 14.5 Å². The number of nitrogens with one attached hydrogen (secondary N) is 1. The zero-order valence-electron chi connectivity index (χ0n) is 10.9. The van der Waals surface area contributed by atoms with E-state index in [1.165, 1.54) is 37.7 Å². The molecular formula is C14H23NO2. The molecule has 0 aromatic carbocycles. The van der Waals surface area contributed by atoms with Crippen LogP contribution < -0.4 is 5.32 Å². The molecule has 0 radical (unpaired) electrons. The van der Waals surface area contributed by atoms with E-state index < -0.39 is 0 Å². The Kier molecular flexibility index (Phi) is 4.63. The molecule has 0 aliphatic heterocycles. The Morgan fingerprint density at radius 1 is 1.35 bits per heavy atom. The Hall–Kier alpha value is -0.800. The molecule has 3 heteroatoms. The van der Waals surface area contributed by atoms with E-state index in [0.717, 1.165) is 18.1 Å². The highest BCUT2D eigenvalue weighted by atomic mass is 16.5. The van der Waals surface area contributed by atoms with Crippen LogP contribution in [0.25, 0.3) is 0 Å². The van der Waals surface area contributed by atoms with Gasteiger partial charge in [-0.05, 0) is 32.9 Å². The second-order valence-corrected chi connectivity index (χ2v) is 4.90. The zero-order valence-corrected chi connectivity index (χ0v) is 10.9. The number of furan rings is 1. The van der Waals surface area contributed by atoms with Crippen molar-refractivity contribution in [2.45, 2.75) is 58.3 Å². The highest BCUT2D eigenvalue weighted by Gasteiger charge is 2.15.